The predicted octanol–water partition coefficient (Wildman–Crippen LogP) is 7.03. The Morgan fingerprint density at radius 1 is 1.06 bits per heavy atom. The second-order valence-electron chi connectivity index (χ2n) is 7.64. The highest BCUT2D eigenvalue weighted by atomic mass is 35.5. The molecule has 0 saturated heterocycles. The molecule has 0 spiro atoms. The number of fused-ring (bicyclic) bond motifs is 1. The molecule has 4 nitrogen and oxygen atoms in total. The van der Waals surface area contributed by atoms with Gasteiger partial charge in [-0.15, -0.1) is 11.3 Å². The van der Waals surface area contributed by atoms with Gasteiger partial charge >= 0.3 is 0 Å². The molecule has 0 bridgehead atoms. The second-order valence-corrected chi connectivity index (χ2v) is 9.36. The summed E-state index contributed by atoms with van der Waals surface area (Å²) in [4.78, 5) is 18.6. The van der Waals surface area contributed by atoms with Crippen molar-refractivity contribution in [1.29, 1.82) is 0 Å². The number of pyridine rings is 1. The molecule has 2 aromatic carbocycles. The van der Waals surface area contributed by atoms with Gasteiger partial charge in [0.1, 0.15) is 0 Å². The van der Waals surface area contributed by atoms with Crippen LogP contribution in [-0.2, 0) is 6.54 Å². The number of benzene rings is 2. The van der Waals surface area contributed by atoms with Crippen LogP contribution in [-0.4, -0.2) is 15.5 Å². The van der Waals surface area contributed by atoms with E-state index < -0.39 is 0 Å². The molecule has 3 aromatic heterocycles. The van der Waals surface area contributed by atoms with Gasteiger partial charge in [-0.1, -0.05) is 29.8 Å². The number of hydrogen-bond donors (Lipinski definition) is 1. The minimum absolute atomic E-state index is 0.146. The third-order valence-corrected chi connectivity index (χ3v) is 6.73. The van der Waals surface area contributed by atoms with Gasteiger partial charge in [-0.3, -0.25) is 9.78 Å². The fraction of sp³-hybridized carbons (Fsp3) is 0.0769. The van der Waals surface area contributed by atoms with E-state index in [2.05, 4.69) is 20.9 Å². The number of hydrogen-bond acceptors (Lipinski definition) is 3. The molecule has 0 fully saturated rings. The van der Waals surface area contributed by atoms with Crippen molar-refractivity contribution in [3.63, 3.8) is 0 Å². The summed E-state index contributed by atoms with van der Waals surface area (Å²) < 4.78 is 2.86. The zero-order valence-electron chi connectivity index (χ0n) is 17.4. The lowest BCUT2D eigenvalue weighted by atomic mass is 10.1. The van der Waals surface area contributed by atoms with Crippen molar-refractivity contribution in [1.82, 2.24) is 9.55 Å². The number of halogens is 1. The van der Waals surface area contributed by atoms with Crippen LogP contribution in [0.15, 0.2) is 85.3 Å². The van der Waals surface area contributed by atoms with Gasteiger partial charge in [0.15, 0.2) is 0 Å². The van der Waals surface area contributed by atoms with E-state index >= 15 is 0 Å². The number of aryl methyl sites for hydroxylation is 1. The Morgan fingerprint density at radius 2 is 1.84 bits per heavy atom. The number of nitrogens with zero attached hydrogens (tertiary/aromatic N) is 2. The van der Waals surface area contributed by atoms with Crippen LogP contribution in [0, 0.1) is 6.92 Å². The highest BCUT2D eigenvalue weighted by Gasteiger charge is 2.12. The average molecular weight is 458 g/mol. The van der Waals surface area contributed by atoms with Crippen molar-refractivity contribution in [3.05, 3.63) is 106 Å². The minimum atomic E-state index is -0.146. The molecule has 5 aromatic rings. The normalized spacial score (nSPS) is 11.1. The molecule has 0 aliphatic carbocycles. The zero-order valence-corrected chi connectivity index (χ0v) is 19.0. The molecule has 0 aliphatic rings. The summed E-state index contributed by atoms with van der Waals surface area (Å²) in [5.74, 6) is -0.146. The van der Waals surface area contributed by atoms with Gasteiger partial charge in [-0.25, -0.2) is 0 Å². The number of nitrogens with one attached hydrogen (secondary N) is 1. The predicted molar refractivity (Wildman–Crippen MR) is 133 cm³/mol. The van der Waals surface area contributed by atoms with E-state index in [0.717, 1.165) is 49.0 Å². The quantitative estimate of drug-likeness (QED) is 0.308. The number of thiophene rings is 1. The fourth-order valence-electron chi connectivity index (χ4n) is 3.75. The summed E-state index contributed by atoms with van der Waals surface area (Å²) in [5.41, 5.74) is 5.39. The molecule has 6 heteroatoms. The molecule has 0 saturated carbocycles. The number of aromatic nitrogens is 2. The Labute approximate surface area is 195 Å². The molecule has 1 N–H and O–H groups in total. The molecule has 32 heavy (non-hydrogen) atoms. The third-order valence-electron chi connectivity index (χ3n) is 5.45. The van der Waals surface area contributed by atoms with Crippen molar-refractivity contribution in [3.8, 4) is 10.4 Å². The Morgan fingerprint density at radius 3 is 2.56 bits per heavy atom. The molecule has 158 valence electrons. The number of carbonyl (C=O) groups is 1. The third kappa shape index (κ3) is 4.17. The van der Waals surface area contributed by atoms with Crippen LogP contribution >= 0.6 is 22.9 Å². The summed E-state index contributed by atoms with van der Waals surface area (Å²) in [5, 5.41) is 4.09. The summed E-state index contributed by atoms with van der Waals surface area (Å²) >= 11 is 7.55. The van der Waals surface area contributed by atoms with Crippen molar-refractivity contribution in [2.24, 2.45) is 0 Å². The van der Waals surface area contributed by atoms with Gasteiger partial charge in [0.25, 0.3) is 5.91 Å². The maximum atomic E-state index is 12.8. The molecule has 3 heterocycles. The summed E-state index contributed by atoms with van der Waals surface area (Å²) in [6.45, 7) is 2.77. The van der Waals surface area contributed by atoms with Crippen molar-refractivity contribution in [2.45, 2.75) is 13.5 Å². The first-order valence-corrected chi connectivity index (χ1v) is 11.4. The van der Waals surface area contributed by atoms with E-state index in [0.29, 0.717) is 5.56 Å². The maximum absolute atomic E-state index is 12.8. The van der Waals surface area contributed by atoms with Gasteiger partial charge < -0.3 is 9.88 Å². The van der Waals surface area contributed by atoms with Crippen molar-refractivity contribution < 1.29 is 4.79 Å². The Bertz CT molecular complexity index is 1410. The first-order valence-electron chi connectivity index (χ1n) is 10.2. The van der Waals surface area contributed by atoms with Gasteiger partial charge in [-0.2, -0.15) is 0 Å². The molecule has 0 aliphatic heterocycles. The zero-order chi connectivity index (χ0) is 22.1. The highest BCUT2D eigenvalue weighted by molar-refractivity contribution is 7.19. The smallest absolute Gasteiger partial charge is 0.255 e. The largest absolute Gasteiger partial charge is 0.350 e. The van der Waals surface area contributed by atoms with E-state index in [1.807, 2.05) is 86.2 Å². The van der Waals surface area contributed by atoms with Crippen LogP contribution in [0.3, 0.4) is 0 Å². The van der Waals surface area contributed by atoms with E-state index in [-0.39, 0.29) is 5.91 Å². The SMILES string of the molecule is Cc1c(NC(=O)c2ccc(-c3ccc(Cl)s3)cc2)ccc2cc(Cn3cccc3)cnc12. The molecule has 5 rings (SSSR count). The summed E-state index contributed by atoms with van der Waals surface area (Å²) in [7, 11) is 0. The minimum Gasteiger partial charge on any atom is -0.350 e. The van der Waals surface area contributed by atoms with E-state index in [4.69, 9.17) is 11.6 Å². The Hall–Kier alpha value is -3.41. The fourth-order valence-corrected chi connectivity index (χ4v) is 4.80. The molecule has 0 atom stereocenters. The van der Waals surface area contributed by atoms with E-state index in [9.17, 15) is 4.79 Å². The number of anilines is 1. The standard InChI is InChI=1S/C26H20ClN3OS/c1-17-22(9-8-21-14-18(15-28-25(17)21)16-30-12-2-3-13-30)29-26(31)20-6-4-19(5-7-20)23-10-11-24(27)32-23/h2-15H,16H2,1H3,(H,29,31). The van der Waals surface area contributed by atoms with Crippen LogP contribution in [0.4, 0.5) is 5.69 Å². The molecule has 1 amide bonds. The summed E-state index contributed by atoms with van der Waals surface area (Å²) in [6, 6.07) is 21.5. The lowest BCUT2D eigenvalue weighted by molar-refractivity contribution is 0.102. The number of rotatable bonds is 5. The van der Waals surface area contributed by atoms with E-state index in [1.54, 1.807) is 0 Å². The average Bonchev–Trinajstić information content (AvgIpc) is 3.47. The first-order chi connectivity index (χ1) is 15.6. The van der Waals surface area contributed by atoms with Crippen LogP contribution < -0.4 is 5.32 Å². The van der Waals surface area contributed by atoms with Crippen LogP contribution in [0.25, 0.3) is 21.3 Å². The van der Waals surface area contributed by atoms with Crippen molar-refractivity contribution >= 4 is 45.4 Å². The van der Waals surface area contributed by atoms with Crippen molar-refractivity contribution in [2.75, 3.05) is 5.32 Å². The van der Waals surface area contributed by atoms with Gasteiger partial charge in [-0.05, 0) is 72.1 Å². The van der Waals surface area contributed by atoms with Crippen LogP contribution in [0.5, 0.6) is 0 Å². The van der Waals surface area contributed by atoms with Gasteiger partial charge in [0.2, 0.25) is 0 Å². The topological polar surface area (TPSA) is 46.9 Å². The molecular formula is C26H20ClN3OS. The monoisotopic (exact) mass is 457 g/mol. The van der Waals surface area contributed by atoms with Crippen LogP contribution in [0.2, 0.25) is 4.34 Å². The molecule has 0 radical (unpaired) electrons. The Kier molecular flexibility index (Phi) is 5.52. The van der Waals surface area contributed by atoms with Crippen LogP contribution in [0.1, 0.15) is 21.5 Å². The van der Waals surface area contributed by atoms with E-state index in [1.165, 1.54) is 11.3 Å². The highest BCUT2D eigenvalue weighted by Crippen LogP contribution is 2.31. The van der Waals surface area contributed by atoms with Gasteiger partial charge in [0, 0.05) is 46.6 Å². The number of carbonyl (C=O) groups excluding carboxylic acids is 1. The first kappa shape index (κ1) is 20.5. The molecular weight excluding hydrogens is 438 g/mol. The lowest BCUT2D eigenvalue weighted by Crippen LogP contribution is -2.13. The Balaban J connectivity index is 1.35. The van der Waals surface area contributed by atoms with Gasteiger partial charge in [0.05, 0.1) is 9.85 Å². The maximum Gasteiger partial charge on any atom is 0.255 e. The molecule has 0 unspecified atom stereocenters. The summed E-state index contributed by atoms with van der Waals surface area (Å²) in [6.07, 6.45) is 5.98. The second kappa shape index (κ2) is 8.61. The number of amides is 1. The lowest BCUT2D eigenvalue weighted by Gasteiger charge is -2.12.